The minimum absolute atomic E-state index is 0.0315. The molecule has 3 nitrogen and oxygen atoms in total. The Morgan fingerprint density at radius 2 is 2.21 bits per heavy atom. The molecule has 0 amide bonds. The highest BCUT2D eigenvalue weighted by Crippen LogP contribution is 2.28. The van der Waals surface area contributed by atoms with E-state index in [-0.39, 0.29) is 6.04 Å². The van der Waals surface area contributed by atoms with Crippen molar-refractivity contribution in [1.82, 2.24) is 0 Å². The molecule has 1 atom stereocenters. The summed E-state index contributed by atoms with van der Waals surface area (Å²) in [6, 6.07) is 5.59. The van der Waals surface area contributed by atoms with Gasteiger partial charge in [0, 0.05) is 6.04 Å². The second kappa shape index (κ2) is 5.22. The predicted octanol–water partition coefficient (Wildman–Crippen LogP) is 2.18. The van der Waals surface area contributed by atoms with Gasteiger partial charge in [-0.25, -0.2) is 0 Å². The van der Waals surface area contributed by atoms with Crippen LogP contribution in [0.25, 0.3) is 0 Å². The van der Waals surface area contributed by atoms with Gasteiger partial charge in [0.2, 0.25) is 0 Å². The maximum absolute atomic E-state index is 5.58. The lowest BCUT2D eigenvalue weighted by Crippen LogP contribution is -2.23. The summed E-state index contributed by atoms with van der Waals surface area (Å²) in [5, 5.41) is 0. The maximum Gasteiger partial charge on any atom is 0.133 e. The number of hydrogen-bond acceptors (Lipinski definition) is 3. The number of halogens is 1. The number of ether oxygens (including phenoxy) is 2. The third kappa shape index (κ3) is 3.20. The number of benzene rings is 1. The highest BCUT2D eigenvalue weighted by atomic mass is 79.9. The Balaban J connectivity index is 2.69. The molecule has 0 heterocycles. The average Bonchev–Trinajstić information content (AvgIpc) is 2.15. The van der Waals surface area contributed by atoms with Crippen LogP contribution in [0.15, 0.2) is 22.7 Å². The van der Waals surface area contributed by atoms with E-state index >= 15 is 0 Å². The second-order valence-corrected chi connectivity index (χ2v) is 3.94. The average molecular weight is 260 g/mol. The second-order valence-electron chi connectivity index (χ2n) is 3.08. The molecular weight excluding hydrogens is 246 g/mol. The fourth-order valence-electron chi connectivity index (χ4n) is 0.947. The molecule has 0 saturated carbocycles. The Hall–Kier alpha value is -0.740. The molecule has 0 fully saturated rings. The standard InChI is InChI=1S/C10H14BrNO2/c1-7(12)6-14-10-4-3-8(13-2)5-9(10)11/h3-5,7H,6,12H2,1-2H3. The highest BCUT2D eigenvalue weighted by Gasteiger charge is 2.03. The molecule has 0 aliphatic rings. The molecule has 0 aliphatic heterocycles. The molecule has 0 spiro atoms. The van der Waals surface area contributed by atoms with E-state index in [0.29, 0.717) is 6.61 Å². The lowest BCUT2D eigenvalue weighted by atomic mass is 10.3. The number of rotatable bonds is 4. The lowest BCUT2D eigenvalue weighted by Gasteiger charge is -2.11. The first-order chi connectivity index (χ1) is 6.63. The van der Waals surface area contributed by atoms with Gasteiger partial charge < -0.3 is 15.2 Å². The van der Waals surface area contributed by atoms with E-state index in [9.17, 15) is 0 Å². The Morgan fingerprint density at radius 3 is 2.71 bits per heavy atom. The number of hydrogen-bond donors (Lipinski definition) is 1. The van der Waals surface area contributed by atoms with Gasteiger partial charge in [0.15, 0.2) is 0 Å². The van der Waals surface area contributed by atoms with Gasteiger partial charge in [0.05, 0.1) is 11.6 Å². The van der Waals surface area contributed by atoms with Crippen LogP contribution in [0.2, 0.25) is 0 Å². The van der Waals surface area contributed by atoms with E-state index in [2.05, 4.69) is 15.9 Å². The smallest absolute Gasteiger partial charge is 0.133 e. The monoisotopic (exact) mass is 259 g/mol. The lowest BCUT2D eigenvalue weighted by molar-refractivity contribution is 0.294. The highest BCUT2D eigenvalue weighted by molar-refractivity contribution is 9.10. The minimum Gasteiger partial charge on any atom is -0.497 e. The third-order valence-corrected chi connectivity index (χ3v) is 2.26. The zero-order valence-electron chi connectivity index (χ0n) is 8.29. The van der Waals surface area contributed by atoms with Gasteiger partial charge in [0.25, 0.3) is 0 Å². The Bertz CT molecular complexity index is 302. The first-order valence-electron chi connectivity index (χ1n) is 4.35. The quantitative estimate of drug-likeness (QED) is 0.902. The van der Waals surface area contributed by atoms with Gasteiger partial charge in [-0.05, 0) is 41.1 Å². The largest absolute Gasteiger partial charge is 0.497 e. The van der Waals surface area contributed by atoms with Crippen LogP contribution in [-0.2, 0) is 0 Å². The van der Waals surface area contributed by atoms with Gasteiger partial charge in [-0.2, -0.15) is 0 Å². The summed E-state index contributed by atoms with van der Waals surface area (Å²) in [6.45, 7) is 2.41. The van der Waals surface area contributed by atoms with Crippen molar-refractivity contribution in [3.8, 4) is 11.5 Å². The van der Waals surface area contributed by atoms with E-state index in [1.165, 1.54) is 0 Å². The van der Waals surface area contributed by atoms with Gasteiger partial charge in [-0.1, -0.05) is 0 Å². The van der Waals surface area contributed by atoms with Crippen molar-refractivity contribution in [2.45, 2.75) is 13.0 Å². The maximum atomic E-state index is 5.58. The molecule has 0 saturated heterocycles. The van der Waals surface area contributed by atoms with Gasteiger partial charge in [-0.3, -0.25) is 0 Å². The predicted molar refractivity (Wildman–Crippen MR) is 59.8 cm³/mol. The fourth-order valence-corrected chi connectivity index (χ4v) is 1.42. The summed E-state index contributed by atoms with van der Waals surface area (Å²) in [4.78, 5) is 0. The van der Waals surface area contributed by atoms with Gasteiger partial charge >= 0.3 is 0 Å². The molecular formula is C10H14BrNO2. The van der Waals surface area contributed by atoms with E-state index in [1.807, 2.05) is 25.1 Å². The van der Waals surface area contributed by atoms with Crippen molar-refractivity contribution >= 4 is 15.9 Å². The van der Waals surface area contributed by atoms with Gasteiger partial charge in [-0.15, -0.1) is 0 Å². The molecule has 0 aliphatic carbocycles. The molecule has 2 N–H and O–H groups in total. The van der Waals surface area contributed by atoms with Crippen molar-refractivity contribution < 1.29 is 9.47 Å². The molecule has 1 aromatic rings. The van der Waals surface area contributed by atoms with Crippen LogP contribution in [0.5, 0.6) is 11.5 Å². The first kappa shape index (κ1) is 11.3. The van der Waals surface area contributed by atoms with Crippen LogP contribution in [0.4, 0.5) is 0 Å². The molecule has 1 unspecified atom stereocenters. The molecule has 1 rings (SSSR count). The van der Waals surface area contributed by atoms with E-state index in [0.717, 1.165) is 16.0 Å². The fraction of sp³-hybridized carbons (Fsp3) is 0.400. The molecule has 14 heavy (non-hydrogen) atoms. The Labute approximate surface area is 92.3 Å². The van der Waals surface area contributed by atoms with Crippen LogP contribution >= 0.6 is 15.9 Å². The SMILES string of the molecule is COc1ccc(OCC(C)N)c(Br)c1. The van der Waals surface area contributed by atoms with Crippen molar-refractivity contribution in [3.05, 3.63) is 22.7 Å². The molecule has 0 radical (unpaired) electrons. The van der Waals surface area contributed by atoms with Crippen molar-refractivity contribution in [3.63, 3.8) is 0 Å². The molecule has 78 valence electrons. The van der Waals surface area contributed by atoms with Crippen LogP contribution in [-0.4, -0.2) is 19.8 Å². The molecule has 4 heteroatoms. The van der Waals surface area contributed by atoms with E-state index < -0.39 is 0 Å². The summed E-state index contributed by atoms with van der Waals surface area (Å²) in [5.41, 5.74) is 5.58. The first-order valence-corrected chi connectivity index (χ1v) is 5.14. The number of nitrogens with two attached hydrogens (primary N) is 1. The summed E-state index contributed by atoms with van der Waals surface area (Å²) in [7, 11) is 1.63. The summed E-state index contributed by atoms with van der Waals surface area (Å²) in [5.74, 6) is 1.58. The topological polar surface area (TPSA) is 44.5 Å². The van der Waals surface area contributed by atoms with Crippen LogP contribution in [0.3, 0.4) is 0 Å². The van der Waals surface area contributed by atoms with Crippen LogP contribution < -0.4 is 15.2 Å². The summed E-state index contributed by atoms with van der Waals surface area (Å²) in [6.07, 6.45) is 0. The third-order valence-electron chi connectivity index (χ3n) is 1.64. The van der Waals surface area contributed by atoms with Crippen molar-refractivity contribution in [2.75, 3.05) is 13.7 Å². The summed E-state index contributed by atoms with van der Waals surface area (Å²) < 4.78 is 11.4. The van der Waals surface area contributed by atoms with Gasteiger partial charge in [0.1, 0.15) is 18.1 Å². The molecule has 1 aromatic carbocycles. The van der Waals surface area contributed by atoms with Crippen LogP contribution in [0.1, 0.15) is 6.92 Å². The zero-order chi connectivity index (χ0) is 10.6. The van der Waals surface area contributed by atoms with Crippen molar-refractivity contribution in [1.29, 1.82) is 0 Å². The zero-order valence-corrected chi connectivity index (χ0v) is 9.87. The van der Waals surface area contributed by atoms with E-state index in [4.69, 9.17) is 15.2 Å². The molecule has 0 bridgehead atoms. The molecule has 0 aromatic heterocycles. The van der Waals surface area contributed by atoms with E-state index in [1.54, 1.807) is 7.11 Å². The Kier molecular flexibility index (Phi) is 4.22. The summed E-state index contributed by atoms with van der Waals surface area (Å²) >= 11 is 3.39. The number of methoxy groups -OCH3 is 1. The Morgan fingerprint density at radius 1 is 1.50 bits per heavy atom. The minimum atomic E-state index is 0.0315. The van der Waals surface area contributed by atoms with Crippen molar-refractivity contribution in [2.24, 2.45) is 5.73 Å². The van der Waals surface area contributed by atoms with Crippen LogP contribution in [0, 0.1) is 0 Å². The normalized spacial score (nSPS) is 12.3.